The van der Waals surface area contributed by atoms with E-state index in [0.29, 0.717) is 0 Å². The maximum Gasteiger partial charge on any atom is 0.0393 e. The van der Waals surface area contributed by atoms with Crippen molar-refractivity contribution in [3.8, 4) is 0 Å². The van der Waals surface area contributed by atoms with Gasteiger partial charge in [0.05, 0.1) is 0 Å². The molecule has 0 aromatic heterocycles. The Morgan fingerprint density at radius 3 is 2.75 bits per heavy atom. The summed E-state index contributed by atoms with van der Waals surface area (Å²) in [4.78, 5) is 0. The summed E-state index contributed by atoms with van der Waals surface area (Å²) in [6, 6.07) is 12.0. The average Bonchev–Trinajstić information content (AvgIpc) is 2.04. The van der Waals surface area contributed by atoms with Gasteiger partial charge in [-0.25, -0.2) is 0 Å². The zero-order valence-corrected chi connectivity index (χ0v) is 8.01. The van der Waals surface area contributed by atoms with Crippen LogP contribution in [0.2, 0.25) is 0 Å². The molecule has 0 heterocycles. The minimum absolute atomic E-state index is 0.833. The van der Waals surface area contributed by atoms with Crippen molar-refractivity contribution in [1.82, 2.24) is 0 Å². The van der Waals surface area contributed by atoms with Gasteiger partial charge in [-0.05, 0) is 23.6 Å². The van der Waals surface area contributed by atoms with E-state index in [1.807, 2.05) is 24.3 Å². The molecule has 0 bridgehead atoms. The van der Waals surface area contributed by atoms with Gasteiger partial charge in [-0.1, -0.05) is 34.1 Å². The molecule has 60 valence electrons. The van der Waals surface area contributed by atoms with Crippen LogP contribution in [0.15, 0.2) is 40.9 Å². The van der Waals surface area contributed by atoms with E-state index in [9.17, 15) is 0 Å². The zero-order valence-electron chi connectivity index (χ0n) is 6.42. The van der Waals surface area contributed by atoms with Gasteiger partial charge in [0, 0.05) is 15.5 Å². The van der Waals surface area contributed by atoms with E-state index in [1.165, 1.54) is 5.39 Å². The Bertz CT molecular complexity index is 423. The molecule has 0 aliphatic heterocycles. The molecule has 2 aromatic carbocycles. The fraction of sp³-hybridized carbons (Fsp3) is 0. The van der Waals surface area contributed by atoms with Gasteiger partial charge in [0.2, 0.25) is 0 Å². The Morgan fingerprint density at radius 1 is 1.08 bits per heavy atom. The standard InChI is InChI=1S/C10H8BrN/c11-8-4-5-9-7(6-8)2-1-3-10(9)12/h1-6H,12H2. The number of benzene rings is 2. The van der Waals surface area contributed by atoms with Crippen LogP contribution >= 0.6 is 15.9 Å². The van der Waals surface area contributed by atoms with E-state index in [-0.39, 0.29) is 0 Å². The average molecular weight is 222 g/mol. The number of anilines is 1. The molecule has 2 N–H and O–H groups in total. The lowest BCUT2D eigenvalue weighted by Crippen LogP contribution is -1.85. The van der Waals surface area contributed by atoms with Crippen LogP contribution in [-0.2, 0) is 0 Å². The Hall–Kier alpha value is -1.02. The van der Waals surface area contributed by atoms with Crippen LogP contribution in [0.25, 0.3) is 10.8 Å². The highest BCUT2D eigenvalue weighted by atomic mass is 79.9. The van der Waals surface area contributed by atoms with Crippen molar-refractivity contribution < 1.29 is 0 Å². The van der Waals surface area contributed by atoms with Crippen LogP contribution in [0.4, 0.5) is 5.69 Å². The molecule has 2 heteroatoms. The third kappa shape index (κ3) is 1.18. The first kappa shape index (κ1) is 7.62. The number of nitrogen functional groups attached to an aromatic ring is 1. The minimum atomic E-state index is 0.833. The number of hydrogen-bond donors (Lipinski definition) is 1. The second kappa shape index (κ2) is 2.79. The summed E-state index contributed by atoms with van der Waals surface area (Å²) < 4.78 is 1.08. The summed E-state index contributed by atoms with van der Waals surface area (Å²) in [6.45, 7) is 0. The van der Waals surface area contributed by atoms with Gasteiger partial charge in [-0.3, -0.25) is 0 Å². The van der Waals surface area contributed by atoms with Gasteiger partial charge in [-0.15, -0.1) is 0 Å². The quantitative estimate of drug-likeness (QED) is 0.680. The molecule has 2 aromatic rings. The predicted molar refractivity (Wildman–Crippen MR) is 56.1 cm³/mol. The Kier molecular flexibility index (Phi) is 1.77. The molecule has 0 saturated carbocycles. The van der Waals surface area contributed by atoms with E-state index in [4.69, 9.17) is 5.73 Å². The maximum atomic E-state index is 5.79. The van der Waals surface area contributed by atoms with Crippen molar-refractivity contribution in [2.75, 3.05) is 5.73 Å². The highest BCUT2D eigenvalue weighted by Crippen LogP contribution is 2.23. The summed E-state index contributed by atoms with van der Waals surface area (Å²) in [5.41, 5.74) is 6.62. The van der Waals surface area contributed by atoms with Crippen molar-refractivity contribution in [2.45, 2.75) is 0 Å². The van der Waals surface area contributed by atoms with E-state index in [0.717, 1.165) is 15.5 Å². The van der Waals surface area contributed by atoms with Crippen LogP contribution in [0.1, 0.15) is 0 Å². The summed E-state index contributed by atoms with van der Waals surface area (Å²) in [5.74, 6) is 0. The molecule has 0 aliphatic rings. The van der Waals surface area contributed by atoms with Gasteiger partial charge in [0.15, 0.2) is 0 Å². The molecule has 0 fully saturated rings. The Balaban J connectivity index is 2.86. The van der Waals surface area contributed by atoms with Crippen LogP contribution in [-0.4, -0.2) is 0 Å². The summed E-state index contributed by atoms with van der Waals surface area (Å²) in [6.07, 6.45) is 0. The second-order valence-corrected chi connectivity index (χ2v) is 3.63. The third-order valence-corrected chi connectivity index (χ3v) is 2.37. The number of rotatable bonds is 0. The fourth-order valence-corrected chi connectivity index (χ4v) is 1.66. The van der Waals surface area contributed by atoms with Crippen molar-refractivity contribution >= 4 is 32.4 Å². The van der Waals surface area contributed by atoms with Crippen molar-refractivity contribution in [3.05, 3.63) is 40.9 Å². The molecule has 12 heavy (non-hydrogen) atoms. The number of hydrogen-bond acceptors (Lipinski definition) is 1. The molecule has 0 saturated heterocycles. The summed E-state index contributed by atoms with van der Waals surface area (Å²) in [5, 5.41) is 2.28. The Labute approximate surface area is 79.3 Å². The molecular weight excluding hydrogens is 214 g/mol. The lowest BCUT2D eigenvalue weighted by Gasteiger charge is -2.00. The molecule has 0 amide bonds. The smallest absolute Gasteiger partial charge is 0.0393 e. The lowest BCUT2D eigenvalue weighted by molar-refractivity contribution is 1.69. The molecular formula is C10H8BrN. The minimum Gasteiger partial charge on any atom is -0.398 e. The SMILES string of the molecule is Nc1cccc2cc(Br)ccc12. The van der Waals surface area contributed by atoms with Crippen LogP contribution in [0, 0.1) is 0 Å². The number of fused-ring (bicyclic) bond motifs is 1. The second-order valence-electron chi connectivity index (χ2n) is 2.71. The van der Waals surface area contributed by atoms with Crippen molar-refractivity contribution in [1.29, 1.82) is 0 Å². The van der Waals surface area contributed by atoms with E-state index < -0.39 is 0 Å². The van der Waals surface area contributed by atoms with E-state index >= 15 is 0 Å². The molecule has 0 unspecified atom stereocenters. The highest BCUT2D eigenvalue weighted by molar-refractivity contribution is 9.10. The Morgan fingerprint density at radius 2 is 1.92 bits per heavy atom. The summed E-state index contributed by atoms with van der Waals surface area (Å²) >= 11 is 3.42. The molecule has 2 rings (SSSR count). The molecule has 1 nitrogen and oxygen atoms in total. The van der Waals surface area contributed by atoms with Gasteiger partial charge in [0.25, 0.3) is 0 Å². The van der Waals surface area contributed by atoms with E-state index in [2.05, 4.69) is 28.1 Å². The predicted octanol–water partition coefficient (Wildman–Crippen LogP) is 3.18. The summed E-state index contributed by atoms with van der Waals surface area (Å²) in [7, 11) is 0. The van der Waals surface area contributed by atoms with Gasteiger partial charge in [-0.2, -0.15) is 0 Å². The zero-order chi connectivity index (χ0) is 8.55. The number of nitrogens with two attached hydrogens (primary N) is 1. The topological polar surface area (TPSA) is 26.0 Å². The molecule has 0 radical (unpaired) electrons. The van der Waals surface area contributed by atoms with Gasteiger partial charge in [0.1, 0.15) is 0 Å². The third-order valence-electron chi connectivity index (χ3n) is 1.88. The monoisotopic (exact) mass is 221 g/mol. The number of halogens is 1. The van der Waals surface area contributed by atoms with Crippen LogP contribution in [0.3, 0.4) is 0 Å². The lowest BCUT2D eigenvalue weighted by atomic mass is 10.1. The normalized spacial score (nSPS) is 10.4. The fourth-order valence-electron chi connectivity index (χ4n) is 1.28. The van der Waals surface area contributed by atoms with Crippen molar-refractivity contribution in [3.63, 3.8) is 0 Å². The molecule has 0 atom stereocenters. The van der Waals surface area contributed by atoms with Crippen molar-refractivity contribution in [2.24, 2.45) is 0 Å². The molecule has 0 aliphatic carbocycles. The molecule has 0 spiro atoms. The maximum absolute atomic E-state index is 5.79. The van der Waals surface area contributed by atoms with Gasteiger partial charge < -0.3 is 5.73 Å². The largest absolute Gasteiger partial charge is 0.398 e. The first-order valence-electron chi connectivity index (χ1n) is 3.71. The highest BCUT2D eigenvalue weighted by Gasteiger charge is 1.96. The first-order valence-corrected chi connectivity index (χ1v) is 4.50. The van der Waals surface area contributed by atoms with Gasteiger partial charge >= 0.3 is 0 Å². The van der Waals surface area contributed by atoms with Crippen LogP contribution in [0.5, 0.6) is 0 Å². The first-order chi connectivity index (χ1) is 5.77. The van der Waals surface area contributed by atoms with Crippen LogP contribution < -0.4 is 5.73 Å². The van der Waals surface area contributed by atoms with E-state index in [1.54, 1.807) is 0 Å².